The van der Waals surface area contributed by atoms with Crippen LogP contribution in [0.25, 0.3) is 0 Å². The zero-order chi connectivity index (χ0) is 17.0. The Labute approximate surface area is 135 Å². The Kier molecular flexibility index (Phi) is 5.29. The number of carboxylic acids is 1. The number of carbonyl (C=O) groups excluding carboxylic acids is 1. The molecule has 2 rings (SSSR count). The van der Waals surface area contributed by atoms with Crippen molar-refractivity contribution in [3.63, 3.8) is 0 Å². The van der Waals surface area contributed by atoms with E-state index in [4.69, 9.17) is 0 Å². The number of aliphatic hydroxyl groups excluding tert-OH is 1. The molecule has 23 heavy (non-hydrogen) atoms. The van der Waals surface area contributed by atoms with Crippen molar-refractivity contribution in [1.82, 2.24) is 0 Å². The average molecular weight is 312 g/mol. The summed E-state index contributed by atoms with van der Waals surface area (Å²) in [6.45, 7) is 3.24. The Balaban J connectivity index is 2.47. The lowest BCUT2D eigenvalue weighted by Gasteiger charge is -2.13. The van der Waals surface area contributed by atoms with E-state index >= 15 is 0 Å². The third-order valence-electron chi connectivity index (χ3n) is 3.71. The SMILES string of the molecule is CC(O)Cc1cc(C(=O)c2ccccc2)cc(C(C)C(=O)O)c1. The average Bonchev–Trinajstić information content (AvgIpc) is 2.53. The quantitative estimate of drug-likeness (QED) is 0.804. The van der Waals surface area contributed by atoms with Crippen LogP contribution in [0, 0.1) is 0 Å². The Morgan fingerprint density at radius 1 is 1.00 bits per heavy atom. The molecule has 0 saturated heterocycles. The lowest BCUT2D eigenvalue weighted by molar-refractivity contribution is -0.138. The molecule has 2 N–H and O–H groups in total. The van der Waals surface area contributed by atoms with Gasteiger partial charge in [-0.25, -0.2) is 0 Å². The van der Waals surface area contributed by atoms with Gasteiger partial charge in [0.05, 0.1) is 12.0 Å². The molecule has 0 saturated carbocycles. The fourth-order valence-corrected chi connectivity index (χ4v) is 2.46. The number of aliphatic carboxylic acids is 1. The zero-order valence-corrected chi connectivity index (χ0v) is 13.2. The van der Waals surface area contributed by atoms with E-state index in [0.29, 0.717) is 23.1 Å². The number of hydrogen-bond donors (Lipinski definition) is 2. The number of rotatable bonds is 6. The second-order valence-corrected chi connectivity index (χ2v) is 5.77. The molecule has 2 aromatic carbocycles. The monoisotopic (exact) mass is 312 g/mol. The maximum atomic E-state index is 12.6. The van der Waals surface area contributed by atoms with E-state index in [0.717, 1.165) is 5.56 Å². The summed E-state index contributed by atoms with van der Waals surface area (Å²) in [5.74, 6) is -1.82. The van der Waals surface area contributed by atoms with Gasteiger partial charge in [0.25, 0.3) is 0 Å². The van der Waals surface area contributed by atoms with Gasteiger partial charge in [0.15, 0.2) is 5.78 Å². The van der Waals surface area contributed by atoms with Crippen molar-refractivity contribution in [2.75, 3.05) is 0 Å². The maximum absolute atomic E-state index is 12.6. The molecule has 4 heteroatoms. The third kappa shape index (κ3) is 4.27. The lowest BCUT2D eigenvalue weighted by atomic mass is 9.92. The number of carboxylic acid groups (broad SMARTS) is 1. The van der Waals surface area contributed by atoms with E-state index in [2.05, 4.69) is 0 Å². The van der Waals surface area contributed by atoms with Crippen LogP contribution >= 0.6 is 0 Å². The second kappa shape index (κ2) is 7.20. The van der Waals surface area contributed by atoms with Gasteiger partial charge < -0.3 is 10.2 Å². The van der Waals surface area contributed by atoms with E-state index in [-0.39, 0.29) is 5.78 Å². The van der Waals surface area contributed by atoms with Crippen LogP contribution in [-0.4, -0.2) is 28.1 Å². The van der Waals surface area contributed by atoms with E-state index in [1.165, 1.54) is 0 Å². The molecule has 0 bridgehead atoms. The van der Waals surface area contributed by atoms with Crippen LogP contribution in [0.2, 0.25) is 0 Å². The summed E-state index contributed by atoms with van der Waals surface area (Å²) in [5.41, 5.74) is 2.31. The van der Waals surface area contributed by atoms with Crippen molar-refractivity contribution in [2.45, 2.75) is 32.3 Å². The Bertz CT molecular complexity index is 705. The first-order chi connectivity index (χ1) is 10.9. The number of hydrogen-bond acceptors (Lipinski definition) is 3. The van der Waals surface area contributed by atoms with Gasteiger partial charge >= 0.3 is 5.97 Å². The molecule has 0 aromatic heterocycles. The minimum Gasteiger partial charge on any atom is -0.481 e. The molecule has 0 aliphatic carbocycles. The van der Waals surface area contributed by atoms with Crippen molar-refractivity contribution in [3.8, 4) is 0 Å². The summed E-state index contributed by atoms with van der Waals surface area (Å²) < 4.78 is 0. The van der Waals surface area contributed by atoms with Gasteiger partial charge in [0, 0.05) is 11.1 Å². The van der Waals surface area contributed by atoms with Crippen LogP contribution in [0.1, 0.15) is 46.8 Å². The Morgan fingerprint density at radius 3 is 2.22 bits per heavy atom. The molecule has 2 unspecified atom stereocenters. The first-order valence-corrected chi connectivity index (χ1v) is 7.53. The molecule has 2 aromatic rings. The largest absolute Gasteiger partial charge is 0.481 e. The van der Waals surface area contributed by atoms with Crippen molar-refractivity contribution < 1.29 is 19.8 Å². The summed E-state index contributed by atoms with van der Waals surface area (Å²) in [4.78, 5) is 23.9. The van der Waals surface area contributed by atoms with Crippen LogP contribution in [0.5, 0.6) is 0 Å². The van der Waals surface area contributed by atoms with Crippen LogP contribution in [0.15, 0.2) is 48.5 Å². The normalized spacial score (nSPS) is 13.3. The topological polar surface area (TPSA) is 74.6 Å². The maximum Gasteiger partial charge on any atom is 0.310 e. The fraction of sp³-hybridized carbons (Fsp3) is 0.263. The first kappa shape index (κ1) is 16.9. The Morgan fingerprint density at radius 2 is 1.65 bits per heavy atom. The predicted octanol–water partition coefficient (Wildman–Crippen LogP) is 3.03. The van der Waals surface area contributed by atoms with Crippen molar-refractivity contribution >= 4 is 11.8 Å². The summed E-state index contributed by atoms with van der Waals surface area (Å²) >= 11 is 0. The minimum absolute atomic E-state index is 0.156. The standard InChI is InChI=1S/C19H20O4/c1-12(20)8-14-9-16(13(2)19(22)23)11-17(10-14)18(21)15-6-4-3-5-7-15/h3-7,9-13,20H,8H2,1-2H3,(H,22,23). The van der Waals surface area contributed by atoms with Gasteiger partial charge in [-0.1, -0.05) is 36.4 Å². The fourth-order valence-electron chi connectivity index (χ4n) is 2.46. The van der Waals surface area contributed by atoms with Gasteiger partial charge in [-0.05, 0) is 43.5 Å². The molecule has 0 radical (unpaired) electrons. The van der Waals surface area contributed by atoms with Gasteiger partial charge in [0.1, 0.15) is 0 Å². The molecular formula is C19H20O4. The van der Waals surface area contributed by atoms with Gasteiger partial charge in [-0.2, -0.15) is 0 Å². The lowest BCUT2D eigenvalue weighted by Crippen LogP contribution is -2.12. The molecular weight excluding hydrogens is 292 g/mol. The smallest absolute Gasteiger partial charge is 0.310 e. The minimum atomic E-state index is -0.947. The summed E-state index contributed by atoms with van der Waals surface area (Å²) in [5, 5.41) is 18.8. The van der Waals surface area contributed by atoms with Gasteiger partial charge in [-0.15, -0.1) is 0 Å². The molecule has 0 spiro atoms. The number of ketones is 1. The van der Waals surface area contributed by atoms with Crippen LogP contribution in [0.4, 0.5) is 0 Å². The summed E-state index contributed by atoms with van der Waals surface area (Å²) in [6, 6.07) is 13.9. The van der Waals surface area contributed by atoms with Crippen molar-refractivity contribution in [3.05, 3.63) is 70.8 Å². The van der Waals surface area contributed by atoms with E-state index in [9.17, 15) is 19.8 Å². The zero-order valence-electron chi connectivity index (χ0n) is 13.2. The van der Waals surface area contributed by atoms with E-state index in [1.54, 1.807) is 56.3 Å². The van der Waals surface area contributed by atoms with Crippen molar-refractivity contribution in [2.24, 2.45) is 0 Å². The first-order valence-electron chi connectivity index (χ1n) is 7.53. The Hall–Kier alpha value is -2.46. The summed E-state index contributed by atoms with van der Waals surface area (Å²) in [6.07, 6.45) is -0.194. The molecule has 2 atom stereocenters. The van der Waals surface area contributed by atoms with Crippen LogP contribution in [-0.2, 0) is 11.2 Å². The molecule has 0 amide bonds. The highest BCUT2D eigenvalue weighted by molar-refractivity contribution is 6.09. The third-order valence-corrected chi connectivity index (χ3v) is 3.71. The van der Waals surface area contributed by atoms with Crippen molar-refractivity contribution in [1.29, 1.82) is 0 Å². The number of benzene rings is 2. The van der Waals surface area contributed by atoms with Crippen LogP contribution < -0.4 is 0 Å². The summed E-state index contributed by atoms with van der Waals surface area (Å²) in [7, 11) is 0. The van der Waals surface area contributed by atoms with E-state index < -0.39 is 18.0 Å². The molecule has 0 aliphatic heterocycles. The van der Waals surface area contributed by atoms with Gasteiger partial charge in [-0.3, -0.25) is 9.59 Å². The highest BCUT2D eigenvalue weighted by Gasteiger charge is 2.18. The highest BCUT2D eigenvalue weighted by atomic mass is 16.4. The molecule has 120 valence electrons. The molecule has 0 fully saturated rings. The second-order valence-electron chi connectivity index (χ2n) is 5.77. The van der Waals surface area contributed by atoms with Crippen LogP contribution in [0.3, 0.4) is 0 Å². The molecule has 0 heterocycles. The highest BCUT2D eigenvalue weighted by Crippen LogP contribution is 2.22. The number of carbonyl (C=O) groups is 2. The predicted molar refractivity (Wildman–Crippen MR) is 87.8 cm³/mol. The molecule has 4 nitrogen and oxygen atoms in total. The van der Waals surface area contributed by atoms with E-state index in [1.807, 2.05) is 6.07 Å². The molecule has 0 aliphatic rings. The van der Waals surface area contributed by atoms with Gasteiger partial charge in [0.2, 0.25) is 0 Å². The number of aliphatic hydroxyl groups is 1.